The molecule has 0 radical (unpaired) electrons. The number of anilines is 1. The number of carbonyl (C=O) groups is 1. The van der Waals surface area contributed by atoms with Crippen molar-refractivity contribution in [2.24, 2.45) is 5.10 Å². The maximum atomic E-state index is 11.9. The number of hydrogen-bond donors (Lipinski definition) is 2. The molecule has 6 heteroatoms. The zero-order chi connectivity index (χ0) is 13.8. The van der Waals surface area contributed by atoms with E-state index < -0.39 is 0 Å². The normalized spacial score (nSPS) is 11.4. The van der Waals surface area contributed by atoms with E-state index in [0.717, 1.165) is 22.6 Å². The van der Waals surface area contributed by atoms with E-state index >= 15 is 0 Å². The predicted molar refractivity (Wildman–Crippen MR) is 77.4 cm³/mol. The third kappa shape index (κ3) is 3.17. The Morgan fingerprint density at radius 1 is 1.37 bits per heavy atom. The van der Waals surface area contributed by atoms with Gasteiger partial charge in [0, 0.05) is 0 Å². The van der Waals surface area contributed by atoms with Crippen LogP contribution in [-0.4, -0.2) is 16.6 Å². The van der Waals surface area contributed by atoms with Crippen LogP contribution in [0.1, 0.15) is 27.9 Å². The van der Waals surface area contributed by atoms with E-state index in [2.05, 4.69) is 15.5 Å². The molecule has 1 aromatic carbocycles. The van der Waals surface area contributed by atoms with Crippen LogP contribution in [0.4, 0.5) is 5.13 Å². The molecule has 0 bridgehead atoms. The molecular weight excluding hydrogens is 260 g/mol. The molecule has 1 amide bonds. The number of rotatable bonds is 3. The summed E-state index contributed by atoms with van der Waals surface area (Å²) in [7, 11) is 0. The second-order valence-electron chi connectivity index (χ2n) is 3.97. The largest absolute Gasteiger partial charge is 0.375 e. The van der Waals surface area contributed by atoms with Gasteiger partial charge in [0.1, 0.15) is 4.88 Å². The lowest BCUT2D eigenvalue weighted by Crippen LogP contribution is -2.19. The molecule has 0 saturated carbocycles. The Bertz CT molecular complexity index is 619. The van der Waals surface area contributed by atoms with E-state index in [4.69, 9.17) is 5.73 Å². The molecule has 0 saturated heterocycles. The van der Waals surface area contributed by atoms with Crippen molar-refractivity contribution in [2.45, 2.75) is 13.8 Å². The smallest absolute Gasteiger partial charge is 0.283 e. The average Bonchev–Trinajstić information content (AvgIpc) is 2.75. The molecule has 98 valence electrons. The van der Waals surface area contributed by atoms with Gasteiger partial charge in [0.25, 0.3) is 5.91 Å². The molecule has 0 spiro atoms. The van der Waals surface area contributed by atoms with Gasteiger partial charge >= 0.3 is 0 Å². The first-order chi connectivity index (χ1) is 9.08. The van der Waals surface area contributed by atoms with E-state index in [-0.39, 0.29) is 5.91 Å². The van der Waals surface area contributed by atoms with Crippen molar-refractivity contribution in [2.75, 3.05) is 5.73 Å². The van der Waals surface area contributed by atoms with Crippen LogP contribution in [0.3, 0.4) is 0 Å². The van der Waals surface area contributed by atoms with Gasteiger partial charge in [0.2, 0.25) is 0 Å². The van der Waals surface area contributed by atoms with E-state index in [0.29, 0.717) is 15.7 Å². The number of amides is 1. The lowest BCUT2D eigenvalue weighted by Gasteiger charge is -2.01. The highest BCUT2D eigenvalue weighted by Crippen LogP contribution is 2.19. The Hall–Kier alpha value is -2.21. The molecule has 0 aliphatic carbocycles. The van der Waals surface area contributed by atoms with Gasteiger partial charge in [-0.3, -0.25) is 4.79 Å². The SMILES string of the molecule is C/C(=N/NC(=O)c1sc(N)nc1C)c1ccccc1. The summed E-state index contributed by atoms with van der Waals surface area (Å²) in [4.78, 5) is 16.4. The monoisotopic (exact) mass is 274 g/mol. The van der Waals surface area contributed by atoms with Gasteiger partial charge in [-0.2, -0.15) is 5.10 Å². The number of nitrogens with zero attached hydrogens (tertiary/aromatic N) is 2. The number of nitrogens with two attached hydrogens (primary N) is 1. The lowest BCUT2D eigenvalue weighted by molar-refractivity contribution is 0.0958. The first-order valence-corrected chi connectivity index (χ1v) is 6.52. The summed E-state index contributed by atoms with van der Waals surface area (Å²) in [6, 6.07) is 9.63. The fourth-order valence-electron chi connectivity index (χ4n) is 1.56. The molecule has 2 rings (SSSR count). The molecule has 3 N–H and O–H groups in total. The fourth-order valence-corrected chi connectivity index (χ4v) is 2.28. The van der Waals surface area contributed by atoms with Crippen LogP contribution in [0.2, 0.25) is 0 Å². The first-order valence-electron chi connectivity index (χ1n) is 5.71. The van der Waals surface area contributed by atoms with Crippen molar-refractivity contribution in [3.8, 4) is 0 Å². The number of hydrogen-bond acceptors (Lipinski definition) is 5. The first kappa shape index (κ1) is 13.2. The Morgan fingerprint density at radius 2 is 2.05 bits per heavy atom. The van der Waals surface area contributed by atoms with Crippen LogP contribution in [0.25, 0.3) is 0 Å². The van der Waals surface area contributed by atoms with Crippen LogP contribution in [0.15, 0.2) is 35.4 Å². The topological polar surface area (TPSA) is 80.4 Å². The number of aromatic nitrogens is 1. The van der Waals surface area contributed by atoms with Crippen LogP contribution in [0, 0.1) is 6.92 Å². The molecule has 1 heterocycles. The highest BCUT2D eigenvalue weighted by molar-refractivity contribution is 7.17. The minimum Gasteiger partial charge on any atom is -0.375 e. The molecule has 1 aromatic heterocycles. The Balaban J connectivity index is 2.10. The average molecular weight is 274 g/mol. The molecule has 2 aromatic rings. The summed E-state index contributed by atoms with van der Waals surface area (Å²) in [5.41, 5.74) is 10.4. The van der Waals surface area contributed by atoms with Crippen LogP contribution < -0.4 is 11.2 Å². The second kappa shape index (κ2) is 5.62. The van der Waals surface area contributed by atoms with E-state index in [1.54, 1.807) is 6.92 Å². The molecule has 0 fully saturated rings. The van der Waals surface area contributed by atoms with Crippen LogP contribution >= 0.6 is 11.3 Å². The number of nitrogens with one attached hydrogen (secondary N) is 1. The molecule has 0 atom stereocenters. The van der Waals surface area contributed by atoms with Crippen LogP contribution in [0.5, 0.6) is 0 Å². The van der Waals surface area contributed by atoms with Gasteiger partial charge in [-0.25, -0.2) is 10.4 Å². The van der Waals surface area contributed by atoms with Gasteiger partial charge < -0.3 is 5.73 Å². The minimum absolute atomic E-state index is 0.290. The summed E-state index contributed by atoms with van der Waals surface area (Å²) in [5, 5.41) is 4.46. The standard InChI is InChI=1S/C13H14N4OS/c1-8(10-6-4-3-5-7-10)16-17-12(18)11-9(2)15-13(14)19-11/h3-7H,1-2H3,(H2,14,15)(H,17,18)/b16-8-. The molecule has 0 aliphatic rings. The Labute approximate surface area is 115 Å². The van der Waals surface area contributed by atoms with Crippen molar-refractivity contribution in [3.05, 3.63) is 46.5 Å². The zero-order valence-corrected chi connectivity index (χ0v) is 11.5. The third-order valence-electron chi connectivity index (χ3n) is 2.54. The van der Waals surface area contributed by atoms with Gasteiger partial charge in [0.05, 0.1) is 11.4 Å². The Morgan fingerprint density at radius 3 is 2.63 bits per heavy atom. The maximum Gasteiger partial charge on any atom is 0.283 e. The summed E-state index contributed by atoms with van der Waals surface area (Å²) in [6.45, 7) is 3.58. The number of thiazole rings is 1. The Kier molecular flexibility index (Phi) is 3.91. The van der Waals surface area contributed by atoms with E-state index in [1.165, 1.54) is 0 Å². The number of nitrogen functional groups attached to an aromatic ring is 1. The molecular formula is C13H14N4OS. The minimum atomic E-state index is -0.290. The summed E-state index contributed by atoms with van der Waals surface area (Å²) < 4.78 is 0. The van der Waals surface area contributed by atoms with E-state index in [9.17, 15) is 4.79 Å². The van der Waals surface area contributed by atoms with Gasteiger partial charge in [-0.05, 0) is 19.4 Å². The highest BCUT2D eigenvalue weighted by atomic mass is 32.1. The van der Waals surface area contributed by atoms with Gasteiger partial charge in [-0.1, -0.05) is 41.7 Å². The van der Waals surface area contributed by atoms with Crippen molar-refractivity contribution in [1.82, 2.24) is 10.4 Å². The lowest BCUT2D eigenvalue weighted by atomic mass is 10.1. The summed E-state index contributed by atoms with van der Waals surface area (Å²) in [6.07, 6.45) is 0. The fraction of sp³-hybridized carbons (Fsp3) is 0.154. The third-order valence-corrected chi connectivity index (χ3v) is 3.52. The molecule has 5 nitrogen and oxygen atoms in total. The van der Waals surface area contributed by atoms with Crippen molar-refractivity contribution in [3.63, 3.8) is 0 Å². The second-order valence-corrected chi connectivity index (χ2v) is 5.00. The predicted octanol–water partition coefficient (Wildman–Crippen LogP) is 2.19. The zero-order valence-electron chi connectivity index (χ0n) is 10.7. The number of hydrazone groups is 1. The highest BCUT2D eigenvalue weighted by Gasteiger charge is 2.13. The van der Waals surface area contributed by atoms with Crippen LogP contribution in [-0.2, 0) is 0 Å². The number of carbonyl (C=O) groups excluding carboxylic acids is 1. The van der Waals surface area contributed by atoms with Crippen molar-refractivity contribution < 1.29 is 4.79 Å². The molecule has 0 unspecified atom stereocenters. The van der Waals surface area contributed by atoms with E-state index in [1.807, 2.05) is 37.3 Å². The van der Waals surface area contributed by atoms with Gasteiger partial charge in [0.15, 0.2) is 5.13 Å². The molecule has 0 aliphatic heterocycles. The van der Waals surface area contributed by atoms with Crippen molar-refractivity contribution >= 4 is 28.1 Å². The van der Waals surface area contributed by atoms with Gasteiger partial charge in [-0.15, -0.1) is 0 Å². The maximum absolute atomic E-state index is 11.9. The summed E-state index contributed by atoms with van der Waals surface area (Å²) >= 11 is 1.16. The molecule has 19 heavy (non-hydrogen) atoms. The quantitative estimate of drug-likeness (QED) is 0.665. The van der Waals surface area contributed by atoms with Crippen molar-refractivity contribution in [1.29, 1.82) is 0 Å². The summed E-state index contributed by atoms with van der Waals surface area (Å²) in [5.74, 6) is -0.290. The number of aryl methyl sites for hydroxylation is 1. The number of benzene rings is 1.